The van der Waals surface area contributed by atoms with Crippen LogP contribution in [-0.2, 0) is 15.6 Å². The van der Waals surface area contributed by atoms with Gasteiger partial charge in [0.15, 0.2) is 0 Å². The van der Waals surface area contributed by atoms with E-state index in [1.165, 1.54) is 23.1 Å². The molecule has 2 aliphatic rings. The quantitative estimate of drug-likeness (QED) is 0.467. The highest BCUT2D eigenvalue weighted by molar-refractivity contribution is 8.18. The van der Waals surface area contributed by atoms with E-state index in [0.717, 1.165) is 34.9 Å². The van der Waals surface area contributed by atoms with Crippen molar-refractivity contribution in [3.8, 4) is 11.1 Å². The summed E-state index contributed by atoms with van der Waals surface area (Å²) in [6, 6.07) is 10.5. The zero-order chi connectivity index (χ0) is 21.8. The van der Waals surface area contributed by atoms with Crippen molar-refractivity contribution in [2.45, 2.75) is 58.3 Å². The molecule has 0 spiro atoms. The molecule has 0 unspecified atom stereocenters. The zero-order valence-corrected chi connectivity index (χ0v) is 19.0. The van der Waals surface area contributed by atoms with Gasteiger partial charge in [-0.2, -0.15) is 0 Å². The average Bonchev–Trinajstić information content (AvgIpc) is 2.96. The van der Waals surface area contributed by atoms with Gasteiger partial charge in [0.2, 0.25) is 0 Å². The lowest BCUT2D eigenvalue weighted by Gasteiger charge is -2.42. The molecule has 4 nitrogen and oxygen atoms in total. The molecule has 3 N–H and O–H groups in total. The van der Waals surface area contributed by atoms with Gasteiger partial charge in [-0.25, -0.2) is 0 Å². The largest absolute Gasteiger partial charge is 0.398 e. The van der Waals surface area contributed by atoms with Gasteiger partial charge in [-0.3, -0.25) is 14.9 Å². The number of hydrogen-bond donors (Lipinski definition) is 2. The van der Waals surface area contributed by atoms with E-state index >= 15 is 0 Å². The first kappa shape index (κ1) is 20.7. The number of hydrogen-bond acceptors (Lipinski definition) is 4. The first-order valence-corrected chi connectivity index (χ1v) is 11.1. The number of fused-ring (bicyclic) bond motifs is 1. The number of amides is 2. The summed E-state index contributed by atoms with van der Waals surface area (Å²) in [4.78, 5) is 23.6. The highest BCUT2D eigenvalue weighted by Gasteiger charge is 2.37. The number of imide groups is 1. The summed E-state index contributed by atoms with van der Waals surface area (Å²) < 4.78 is 0. The van der Waals surface area contributed by atoms with Gasteiger partial charge < -0.3 is 5.73 Å². The van der Waals surface area contributed by atoms with Crippen molar-refractivity contribution in [2.24, 2.45) is 0 Å². The van der Waals surface area contributed by atoms with E-state index in [4.69, 9.17) is 5.73 Å². The van der Waals surface area contributed by atoms with E-state index in [1.54, 1.807) is 6.08 Å². The molecule has 1 aliphatic carbocycles. The van der Waals surface area contributed by atoms with Gasteiger partial charge in [-0.15, -0.1) is 0 Å². The normalized spacial score (nSPS) is 20.9. The van der Waals surface area contributed by atoms with Crippen molar-refractivity contribution in [2.75, 3.05) is 5.73 Å². The predicted octanol–water partition coefficient (Wildman–Crippen LogP) is 5.92. The van der Waals surface area contributed by atoms with E-state index in [1.807, 2.05) is 18.2 Å². The van der Waals surface area contributed by atoms with E-state index in [-0.39, 0.29) is 22.0 Å². The summed E-state index contributed by atoms with van der Waals surface area (Å²) in [5.41, 5.74) is 14.4. The third kappa shape index (κ3) is 3.56. The molecule has 0 bridgehead atoms. The van der Waals surface area contributed by atoms with Crippen LogP contribution in [0.2, 0.25) is 0 Å². The van der Waals surface area contributed by atoms with Crippen molar-refractivity contribution in [1.29, 1.82) is 0 Å². The number of nitrogen functional groups attached to an aromatic ring is 1. The van der Waals surface area contributed by atoms with Gasteiger partial charge in [-0.1, -0.05) is 45.9 Å². The Morgan fingerprint density at radius 1 is 0.967 bits per heavy atom. The van der Waals surface area contributed by atoms with Gasteiger partial charge in [-0.05, 0) is 88.4 Å². The minimum absolute atomic E-state index is 0.131. The Labute approximate surface area is 182 Å². The number of nitrogens with one attached hydrogen (secondary N) is 1. The molecule has 1 aliphatic heterocycles. The Balaban J connectivity index is 1.77. The first-order chi connectivity index (χ1) is 14.0. The lowest BCUT2D eigenvalue weighted by atomic mass is 9.62. The molecule has 2 aromatic rings. The summed E-state index contributed by atoms with van der Waals surface area (Å²) >= 11 is 0.913. The van der Waals surface area contributed by atoms with Crippen molar-refractivity contribution in [3.63, 3.8) is 0 Å². The molecule has 2 amide bonds. The smallest absolute Gasteiger partial charge is 0.290 e. The summed E-state index contributed by atoms with van der Waals surface area (Å²) in [5, 5.41) is 1.93. The lowest BCUT2D eigenvalue weighted by Crippen LogP contribution is -2.34. The van der Waals surface area contributed by atoms with Crippen LogP contribution in [0.25, 0.3) is 17.2 Å². The fourth-order valence-electron chi connectivity index (χ4n) is 4.50. The minimum atomic E-state index is -0.358. The van der Waals surface area contributed by atoms with Crippen molar-refractivity contribution < 1.29 is 9.59 Å². The van der Waals surface area contributed by atoms with Crippen LogP contribution in [0, 0.1) is 6.92 Å². The number of nitrogens with two attached hydrogens (primary N) is 1. The zero-order valence-electron chi connectivity index (χ0n) is 18.2. The summed E-state index contributed by atoms with van der Waals surface area (Å²) in [6.07, 6.45) is 4.05. The number of aryl methyl sites for hydroxylation is 1. The Bertz CT molecular complexity index is 1110. The van der Waals surface area contributed by atoms with Gasteiger partial charge >= 0.3 is 0 Å². The standard InChI is InChI=1S/C25H28N2O2S/c1-14-10-18-19(25(4,5)9-8-24(18,2)3)13-17(14)16-7-6-15(11-20(16)26)12-21-22(28)27-23(29)30-21/h6-7,10-13H,8-9,26H2,1-5H3,(H,27,28,29)/b21-12-. The molecule has 156 valence electrons. The van der Waals surface area contributed by atoms with Gasteiger partial charge in [0, 0.05) is 11.3 Å². The predicted molar refractivity (Wildman–Crippen MR) is 125 cm³/mol. The molecule has 0 radical (unpaired) electrons. The number of carbonyl (C=O) groups is 2. The fourth-order valence-corrected chi connectivity index (χ4v) is 5.18. The maximum Gasteiger partial charge on any atom is 0.290 e. The number of carbonyl (C=O) groups excluding carboxylic acids is 2. The topological polar surface area (TPSA) is 72.2 Å². The Kier molecular flexibility index (Phi) is 4.85. The van der Waals surface area contributed by atoms with E-state index in [2.05, 4.69) is 52.1 Å². The van der Waals surface area contributed by atoms with Crippen LogP contribution in [0.4, 0.5) is 10.5 Å². The van der Waals surface area contributed by atoms with E-state index < -0.39 is 0 Å². The third-order valence-corrected chi connectivity index (χ3v) is 7.31. The maximum absolute atomic E-state index is 11.8. The molecule has 30 heavy (non-hydrogen) atoms. The molecule has 1 fully saturated rings. The molecular formula is C25H28N2O2S. The maximum atomic E-state index is 11.8. The average molecular weight is 421 g/mol. The molecular weight excluding hydrogens is 392 g/mol. The van der Waals surface area contributed by atoms with Crippen LogP contribution in [0.1, 0.15) is 62.8 Å². The number of benzene rings is 2. The van der Waals surface area contributed by atoms with Crippen LogP contribution >= 0.6 is 11.8 Å². The molecule has 1 heterocycles. The van der Waals surface area contributed by atoms with Crippen LogP contribution in [0.15, 0.2) is 35.2 Å². The van der Waals surface area contributed by atoms with Crippen LogP contribution in [0.3, 0.4) is 0 Å². The second-order valence-electron chi connectivity index (χ2n) is 9.68. The molecule has 1 saturated heterocycles. The summed E-state index contributed by atoms with van der Waals surface area (Å²) in [5.74, 6) is -0.358. The number of rotatable bonds is 2. The number of anilines is 1. The Morgan fingerprint density at radius 2 is 1.60 bits per heavy atom. The highest BCUT2D eigenvalue weighted by Crippen LogP contribution is 2.48. The molecule has 4 rings (SSSR count). The SMILES string of the molecule is Cc1cc2c(cc1-c1ccc(/C=C3\SC(=O)NC3=O)cc1N)C(C)(C)CCC2(C)C. The molecule has 0 aromatic heterocycles. The van der Waals surface area contributed by atoms with E-state index in [0.29, 0.717) is 10.6 Å². The molecule has 0 saturated carbocycles. The minimum Gasteiger partial charge on any atom is -0.398 e. The van der Waals surface area contributed by atoms with Gasteiger partial charge in [0.1, 0.15) is 0 Å². The Hall–Kier alpha value is -2.53. The summed E-state index contributed by atoms with van der Waals surface area (Å²) in [6.45, 7) is 11.5. The second-order valence-corrected chi connectivity index (χ2v) is 10.7. The molecule has 5 heteroatoms. The van der Waals surface area contributed by atoms with Gasteiger partial charge in [0.25, 0.3) is 11.1 Å². The van der Waals surface area contributed by atoms with Crippen molar-refractivity contribution >= 4 is 34.7 Å². The Morgan fingerprint density at radius 3 is 2.17 bits per heavy atom. The monoisotopic (exact) mass is 420 g/mol. The van der Waals surface area contributed by atoms with Crippen LogP contribution in [0.5, 0.6) is 0 Å². The first-order valence-electron chi connectivity index (χ1n) is 10.3. The van der Waals surface area contributed by atoms with E-state index in [9.17, 15) is 9.59 Å². The van der Waals surface area contributed by atoms with Crippen molar-refractivity contribution in [3.05, 3.63) is 57.5 Å². The van der Waals surface area contributed by atoms with Crippen LogP contribution in [-0.4, -0.2) is 11.1 Å². The highest BCUT2D eigenvalue weighted by atomic mass is 32.2. The fraction of sp³-hybridized carbons (Fsp3) is 0.360. The van der Waals surface area contributed by atoms with Crippen molar-refractivity contribution in [1.82, 2.24) is 5.32 Å². The van der Waals surface area contributed by atoms with Gasteiger partial charge in [0.05, 0.1) is 4.91 Å². The molecule has 2 aromatic carbocycles. The number of thioether (sulfide) groups is 1. The third-order valence-electron chi connectivity index (χ3n) is 6.50. The molecule has 0 atom stereocenters. The van der Waals surface area contributed by atoms with Crippen LogP contribution < -0.4 is 11.1 Å². The summed E-state index contributed by atoms with van der Waals surface area (Å²) in [7, 11) is 0. The lowest BCUT2D eigenvalue weighted by molar-refractivity contribution is -0.115. The second kappa shape index (κ2) is 7.02.